The summed E-state index contributed by atoms with van der Waals surface area (Å²) in [5.41, 5.74) is 3.74. The van der Waals surface area contributed by atoms with Crippen LogP contribution in [0.3, 0.4) is 0 Å². The van der Waals surface area contributed by atoms with Crippen molar-refractivity contribution in [1.82, 2.24) is 0 Å². The van der Waals surface area contributed by atoms with Crippen molar-refractivity contribution in [3.05, 3.63) is 48.0 Å². The van der Waals surface area contributed by atoms with Gasteiger partial charge in [0.25, 0.3) is 0 Å². The molecule has 0 N–H and O–H groups in total. The van der Waals surface area contributed by atoms with Crippen LogP contribution in [0.1, 0.15) is 32.3 Å². The fraction of sp³-hybridized carbons (Fsp3) is 0.368. The fourth-order valence-corrected chi connectivity index (χ4v) is 2.97. The minimum atomic E-state index is 0.805. The number of ether oxygens (including phenoxy) is 1. The predicted octanol–water partition coefficient (Wildman–Crippen LogP) is 5.95. The summed E-state index contributed by atoms with van der Waals surface area (Å²) in [5.74, 6) is 2.11. The molecule has 2 aromatic carbocycles. The highest BCUT2D eigenvalue weighted by atomic mass is 32.2. The molecule has 0 amide bonds. The summed E-state index contributed by atoms with van der Waals surface area (Å²) < 4.78 is 5.83. The van der Waals surface area contributed by atoms with E-state index in [0.29, 0.717) is 0 Å². The van der Waals surface area contributed by atoms with Gasteiger partial charge in [0, 0.05) is 4.90 Å². The van der Waals surface area contributed by atoms with E-state index in [9.17, 15) is 0 Å². The number of unbranched alkanes of at least 4 members (excludes halogenated alkanes) is 1. The minimum Gasteiger partial charge on any atom is -0.493 e. The molecular formula is C19H24OS. The molecule has 0 aromatic heterocycles. The van der Waals surface area contributed by atoms with Crippen LogP contribution in [0.4, 0.5) is 0 Å². The van der Waals surface area contributed by atoms with Crippen LogP contribution in [-0.2, 0) is 0 Å². The van der Waals surface area contributed by atoms with E-state index in [1.807, 2.05) is 11.8 Å². The summed E-state index contributed by atoms with van der Waals surface area (Å²) in [6.07, 6.45) is 2.27. The van der Waals surface area contributed by atoms with Gasteiger partial charge >= 0.3 is 0 Å². The SMILES string of the molecule is CCCCOc1ccc(-c2cccc(SCC)c2)cc1C. The predicted molar refractivity (Wildman–Crippen MR) is 93.4 cm³/mol. The highest BCUT2D eigenvalue weighted by Gasteiger charge is 2.04. The first-order chi connectivity index (χ1) is 10.2. The molecule has 0 bridgehead atoms. The zero-order valence-electron chi connectivity index (χ0n) is 13.2. The molecule has 112 valence electrons. The molecule has 0 aliphatic heterocycles. The molecule has 0 radical (unpaired) electrons. The average molecular weight is 300 g/mol. The van der Waals surface area contributed by atoms with Crippen LogP contribution in [0.15, 0.2) is 47.4 Å². The number of hydrogen-bond acceptors (Lipinski definition) is 2. The summed E-state index contributed by atoms with van der Waals surface area (Å²) in [7, 11) is 0. The van der Waals surface area contributed by atoms with Gasteiger partial charge in [-0.1, -0.05) is 38.5 Å². The molecule has 2 heteroatoms. The lowest BCUT2D eigenvalue weighted by atomic mass is 10.0. The van der Waals surface area contributed by atoms with Crippen LogP contribution >= 0.6 is 11.8 Å². The number of rotatable bonds is 7. The van der Waals surface area contributed by atoms with Crippen molar-refractivity contribution in [3.63, 3.8) is 0 Å². The summed E-state index contributed by atoms with van der Waals surface area (Å²) >= 11 is 1.88. The van der Waals surface area contributed by atoms with Gasteiger partial charge in [-0.2, -0.15) is 0 Å². The van der Waals surface area contributed by atoms with Gasteiger partial charge in [-0.15, -0.1) is 11.8 Å². The maximum atomic E-state index is 5.83. The first-order valence-electron chi connectivity index (χ1n) is 7.71. The number of thioether (sulfide) groups is 1. The van der Waals surface area contributed by atoms with E-state index in [2.05, 4.69) is 63.2 Å². The van der Waals surface area contributed by atoms with E-state index in [1.165, 1.54) is 28.0 Å². The highest BCUT2D eigenvalue weighted by molar-refractivity contribution is 7.99. The van der Waals surface area contributed by atoms with Crippen molar-refractivity contribution in [2.24, 2.45) is 0 Å². The summed E-state index contributed by atoms with van der Waals surface area (Å²) in [5, 5.41) is 0. The molecule has 0 unspecified atom stereocenters. The Morgan fingerprint density at radius 2 is 1.81 bits per heavy atom. The lowest BCUT2D eigenvalue weighted by molar-refractivity contribution is 0.307. The van der Waals surface area contributed by atoms with E-state index in [0.717, 1.165) is 24.5 Å². The molecular weight excluding hydrogens is 276 g/mol. The Bertz CT molecular complexity index is 578. The fourth-order valence-electron chi connectivity index (χ4n) is 2.25. The standard InChI is InChI=1S/C19H24OS/c1-4-6-12-20-19-11-10-17(13-15(19)3)16-8-7-9-18(14-16)21-5-2/h7-11,13-14H,4-6,12H2,1-3H3. The number of aryl methyl sites for hydroxylation is 1. The van der Waals surface area contributed by atoms with E-state index < -0.39 is 0 Å². The van der Waals surface area contributed by atoms with Crippen LogP contribution in [0.25, 0.3) is 11.1 Å². The maximum Gasteiger partial charge on any atom is 0.122 e. The third-order valence-electron chi connectivity index (χ3n) is 3.41. The first-order valence-corrected chi connectivity index (χ1v) is 8.69. The Balaban J connectivity index is 2.17. The van der Waals surface area contributed by atoms with Gasteiger partial charge in [0.2, 0.25) is 0 Å². The third-order valence-corrected chi connectivity index (χ3v) is 4.28. The Labute approximate surface area is 132 Å². The van der Waals surface area contributed by atoms with Gasteiger partial charge in [0.05, 0.1) is 6.61 Å². The topological polar surface area (TPSA) is 9.23 Å². The number of benzene rings is 2. The first kappa shape index (κ1) is 16.0. The van der Waals surface area contributed by atoms with Crippen LogP contribution in [-0.4, -0.2) is 12.4 Å². The second-order valence-electron chi connectivity index (χ2n) is 5.14. The average Bonchev–Trinajstić information content (AvgIpc) is 2.50. The molecule has 0 aliphatic carbocycles. The minimum absolute atomic E-state index is 0.805. The van der Waals surface area contributed by atoms with Crippen LogP contribution in [0.5, 0.6) is 5.75 Å². The molecule has 21 heavy (non-hydrogen) atoms. The van der Waals surface area contributed by atoms with Gasteiger partial charge in [-0.3, -0.25) is 0 Å². The zero-order chi connectivity index (χ0) is 15.1. The largest absolute Gasteiger partial charge is 0.493 e. The van der Waals surface area contributed by atoms with Gasteiger partial charge in [0.1, 0.15) is 5.75 Å². The normalized spacial score (nSPS) is 10.6. The Morgan fingerprint density at radius 1 is 1.00 bits per heavy atom. The highest BCUT2D eigenvalue weighted by Crippen LogP contribution is 2.29. The molecule has 0 saturated carbocycles. The van der Waals surface area contributed by atoms with Gasteiger partial charge in [-0.05, 0) is 60.1 Å². The van der Waals surface area contributed by atoms with Crippen LogP contribution < -0.4 is 4.74 Å². The van der Waals surface area contributed by atoms with E-state index in [-0.39, 0.29) is 0 Å². The van der Waals surface area contributed by atoms with Crippen molar-refractivity contribution in [3.8, 4) is 16.9 Å². The molecule has 1 nitrogen and oxygen atoms in total. The van der Waals surface area contributed by atoms with Gasteiger partial charge in [-0.25, -0.2) is 0 Å². The smallest absolute Gasteiger partial charge is 0.122 e. The van der Waals surface area contributed by atoms with Crippen LogP contribution in [0, 0.1) is 6.92 Å². The maximum absolute atomic E-state index is 5.83. The van der Waals surface area contributed by atoms with E-state index in [1.54, 1.807) is 0 Å². The van der Waals surface area contributed by atoms with Crippen molar-refractivity contribution in [1.29, 1.82) is 0 Å². The van der Waals surface area contributed by atoms with Crippen LogP contribution in [0.2, 0.25) is 0 Å². The Hall–Kier alpha value is -1.41. The lowest BCUT2D eigenvalue weighted by Gasteiger charge is -2.11. The Morgan fingerprint density at radius 3 is 2.52 bits per heavy atom. The Kier molecular flexibility index (Phi) is 6.19. The van der Waals surface area contributed by atoms with Crippen molar-refractivity contribution in [2.45, 2.75) is 38.5 Å². The van der Waals surface area contributed by atoms with Crippen molar-refractivity contribution < 1.29 is 4.74 Å². The third kappa shape index (κ3) is 4.53. The monoisotopic (exact) mass is 300 g/mol. The molecule has 0 heterocycles. The van der Waals surface area contributed by atoms with E-state index >= 15 is 0 Å². The molecule has 0 aliphatic rings. The van der Waals surface area contributed by atoms with Gasteiger partial charge < -0.3 is 4.74 Å². The quantitative estimate of drug-likeness (QED) is 0.461. The molecule has 0 fully saturated rings. The molecule has 2 rings (SSSR count). The number of hydrogen-bond donors (Lipinski definition) is 0. The summed E-state index contributed by atoms with van der Waals surface area (Å²) in [4.78, 5) is 1.33. The zero-order valence-corrected chi connectivity index (χ0v) is 14.0. The second kappa shape index (κ2) is 8.14. The molecule has 0 atom stereocenters. The van der Waals surface area contributed by atoms with Crippen molar-refractivity contribution in [2.75, 3.05) is 12.4 Å². The van der Waals surface area contributed by atoms with Crippen molar-refractivity contribution >= 4 is 11.8 Å². The molecule has 0 spiro atoms. The molecule has 2 aromatic rings. The van der Waals surface area contributed by atoms with E-state index in [4.69, 9.17) is 4.74 Å². The summed E-state index contributed by atoms with van der Waals surface area (Å²) in [6.45, 7) is 7.29. The van der Waals surface area contributed by atoms with Gasteiger partial charge in [0.15, 0.2) is 0 Å². The molecule has 0 saturated heterocycles. The second-order valence-corrected chi connectivity index (χ2v) is 6.48. The lowest BCUT2D eigenvalue weighted by Crippen LogP contribution is -1.98. The summed E-state index contributed by atoms with van der Waals surface area (Å²) in [6, 6.07) is 15.2.